The Hall–Kier alpha value is -2.69. The molecule has 0 atom stereocenters. The van der Waals surface area contributed by atoms with E-state index in [1.54, 1.807) is 24.3 Å². The summed E-state index contributed by atoms with van der Waals surface area (Å²) in [4.78, 5) is 0. The zero-order chi connectivity index (χ0) is 23.8. The first-order valence-electron chi connectivity index (χ1n) is 9.67. The summed E-state index contributed by atoms with van der Waals surface area (Å²) >= 11 is 4.28. The monoisotopic (exact) mass is 486 g/mol. The van der Waals surface area contributed by atoms with Crippen molar-refractivity contribution in [2.45, 2.75) is 17.9 Å². The van der Waals surface area contributed by atoms with E-state index in [9.17, 15) is 26.3 Å². The van der Waals surface area contributed by atoms with E-state index in [4.69, 9.17) is 9.47 Å². The molecule has 0 spiro atoms. The van der Waals surface area contributed by atoms with Crippen LogP contribution in [0.1, 0.15) is 11.9 Å². The molecular weight excluding hydrogens is 470 g/mol. The fraction of sp³-hybridized carbons (Fsp3) is 0.217. The SMILES string of the molecule is Fc1cc(-c2ccc(C3OCC(S)CO3)cc2)ccc1-c1cc(F)c(OC(F)(F)F)c(F)c1. The van der Waals surface area contributed by atoms with Crippen molar-refractivity contribution >= 4 is 12.6 Å². The lowest BCUT2D eigenvalue weighted by atomic mass is 9.98. The van der Waals surface area contributed by atoms with Crippen LogP contribution in [0, 0.1) is 17.5 Å². The van der Waals surface area contributed by atoms with Gasteiger partial charge in [-0.05, 0) is 34.9 Å². The van der Waals surface area contributed by atoms with E-state index in [0.717, 1.165) is 5.56 Å². The van der Waals surface area contributed by atoms with Gasteiger partial charge in [0.05, 0.1) is 13.2 Å². The molecule has 0 aromatic heterocycles. The van der Waals surface area contributed by atoms with Gasteiger partial charge in [0, 0.05) is 16.4 Å². The highest BCUT2D eigenvalue weighted by atomic mass is 32.1. The summed E-state index contributed by atoms with van der Waals surface area (Å²) in [6.45, 7) is 0.902. The third-order valence-electron chi connectivity index (χ3n) is 4.89. The number of halogens is 6. The summed E-state index contributed by atoms with van der Waals surface area (Å²) in [7, 11) is 0. The summed E-state index contributed by atoms with van der Waals surface area (Å²) in [6.07, 6.45) is -5.79. The highest BCUT2D eigenvalue weighted by Crippen LogP contribution is 2.35. The van der Waals surface area contributed by atoms with E-state index < -0.39 is 35.9 Å². The van der Waals surface area contributed by atoms with Gasteiger partial charge in [0.1, 0.15) is 5.82 Å². The van der Waals surface area contributed by atoms with Crippen LogP contribution < -0.4 is 4.74 Å². The molecule has 1 aliphatic rings. The van der Waals surface area contributed by atoms with Crippen molar-refractivity contribution in [3.63, 3.8) is 0 Å². The average molecular weight is 486 g/mol. The minimum absolute atomic E-state index is 0.0114. The summed E-state index contributed by atoms with van der Waals surface area (Å²) in [5, 5.41) is 0.0114. The maximum absolute atomic E-state index is 14.8. The van der Waals surface area contributed by atoms with Crippen LogP contribution in [-0.2, 0) is 9.47 Å². The Kier molecular flexibility index (Phi) is 6.60. The second-order valence-electron chi connectivity index (χ2n) is 7.29. The predicted octanol–water partition coefficient (Wildman–Crippen LogP) is 6.68. The highest BCUT2D eigenvalue weighted by Gasteiger charge is 2.34. The third-order valence-corrected chi connectivity index (χ3v) is 5.19. The van der Waals surface area contributed by atoms with Crippen LogP contribution in [0.3, 0.4) is 0 Å². The lowest BCUT2D eigenvalue weighted by Crippen LogP contribution is -2.27. The van der Waals surface area contributed by atoms with Gasteiger partial charge in [-0.15, -0.1) is 13.2 Å². The largest absolute Gasteiger partial charge is 0.573 e. The van der Waals surface area contributed by atoms with Crippen molar-refractivity contribution < 1.29 is 40.6 Å². The van der Waals surface area contributed by atoms with E-state index in [2.05, 4.69) is 17.4 Å². The van der Waals surface area contributed by atoms with Gasteiger partial charge in [-0.25, -0.2) is 13.2 Å². The first-order valence-corrected chi connectivity index (χ1v) is 10.2. The third kappa shape index (κ3) is 5.45. The van der Waals surface area contributed by atoms with E-state index in [1.165, 1.54) is 18.2 Å². The molecule has 10 heteroatoms. The van der Waals surface area contributed by atoms with Gasteiger partial charge in [-0.3, -0.25) is 0 Å². The van der Waals surface area contributed by atoms with Crippen molar-refractivity contribution in [1.29, 1.82) is 0 Å². The molecule has 0 bridgehead atoms. The number of hydrogen-bond donors (Lipinski definition) is 1. The molecule has 0 amide bonds. The van der Waals surface area contributed by atoms with E-state index in [1.807, 2.05) is 0 Å². The first-order chi connectivity index (χ1) is 15.6. The number of thiol groups is 1. The predicted molar refractivity (Wildman–Crippen MR) is 111 cm³/mol. The van der Waals surface area contributed by atoms with Crippen molar-refractivity contribution in [2.24, 2.45) is 0 Å². The second kappa shape index (κ2) is 9.28. The van der Waals surface area contributed by atoms with Crippen LogP contribution in [0.15, 0.2) is 54.6 Å². The Labute approximate surface area is 190 Å². The normalized spacial score (nSPS) is 18.9. The van der Waals surface area contributed by atoms with Crippen LogP contribution in [-0.4, -0.2) is 24.8 Å². The van der Waals surface area contributed by atoms with Crippen molar-refractivity contribution in [2.75, 3.05) is 13.2 Å². The molecule has 1 heterocycles. The van der Waals surface area contributed by atoms with Crippen LogP contribution >= 0.6 is 12.6 Å². The number of rotatable bonds is 4. The van der Waals surface area contributed by atoms with E-state index in [-0.39, 0.29) is 16.4 Å². The van der Waals surface area contributed by atoms with Crippen molar-refractivity contribution in [3.8, 4) is 28.0 Å². The van der Waals surface area contributed by atoms with Gasteiger partial charge < -0.3 is 14.2 Å². The highest BCUT2D eigenvalue weighted by molar-refractivity contribution is 7.81. The Morgan fingerprint density at radius 1 is 0.758 bits per heavy atom. The van der Waals surface area contributed by atoms with Gasteiger partial charge in [-0.2, -0.15) is 12.6 Å². The molecule has 0 N–H and O–H groups in total. The maximum atomic E-state index is 14.8. The number of ether oxygens (including phenoxy) is 3. The zero-order valence-electron chi connectivity index (χ0n) is 16.7. The lowest BCUT2D eigenvalue weighted by Gasteiger charge is -2.27. The Bertz CT molecular complexity index is 1120. The van der Waals surface area contributed by atoms with Gasteiger partial charge in [-0.1, -0.05) is 36.4 Å². The number of hydrogen-bond acceptors (Lipinski definition) is 4. The fourth-order valence-corrected chi connectivity index (χ4v) is 3.55. The molecule has 1 aliphatic heterocycles. The molecule has 1 fully saturated rings. The minimum atomic E-state index is -5.27. The number of alkyl halides is 3. The molecule has 0 aliphatic carbocycles. The van der Waals surface area contributed by atoms with Crippen molar-refractivity contribution in [3.05, 3.63) is 77.6 Å². The molecule has 3 nitrogen and oxygen atoms in total. The molecule has 3 aromatic rings. The minimum Gasteiger partial charge on any atom is -0.399 e. The van der Waals surface area contributed by atoms with Crippen LogP contribution in [0.25, 0.3) is 22.3 Å². The maximum Gasteiger partial charge on any atom is 0.573 e. The number of benzene rings is 3. The van der Waals surface area contributed by atoms with Gasteiger partial charge in [0.15, 0.2) is 17.9 Å². The van der Waals surface area contributed by atoms with Crippen LogP contribution in [0.2, 0.25) is 0 Å². The molecule has 0 radical (unpaired) electrons. The lowest BCUT2D eigenvalue weighted by molar-refractivity contribution is -0.276. The fourth-order valence-electron chi connectivity index (χ4n) is 3.38. The van der Waals surface area contributed by atoms with Crippen molar-refractivity contribution in [1.82, 2.24) is 0 Å². The molecule has 174 valence electrons. The Balaban J connectivity index is 1.56. The molecule has 33 heavy (non-hydrogen) atoms. The van der Waals surface area contributed by atoms with Crippen LogP contribution in [0.5, 0.6) is 5.75 Å². The van der Waals surface area contributed by atoms with Crippen LogP contribution in [0.4, 0.5) is 26.3 Å². The van der Waals surface area contributed by atoms with E-state index in [0.29, 0.717) is 36.5 Å². The summed E-state index contributed by atoms with van der Waals surface area (Å²) in [5.74, 6) is -5.60. The molecular formula is C23H16F6O3S. The van der Waals surface area contributed by atoms with Gasteiger partial charge >= 0.3 is 6.36 Å². The molecule has 0 saturated carbocycles. The first kappa shape index (κ1) is 23.5. The molecule has 1 saturated heterocycles. The van der Waals surface area contributed by atoms with Gasteiger partial charge in [0.25, 0.3) is 0 Å². The molecule has 4 rings (SSSR count). The quantitative estimate of drug-likeness (QED) is 0.329. The smallest absolute Gasteiger partial charge is 0.399 e. The zero-order valence-corrected chi connectivity index (χ0v) is 17.6. The average Bonchev–Trinajstić information content (AvgIpc) is 2.76. The standard InChI is InChI=1S/C23H16F6O3S/c24-18-7-14(12-1-3-13(4-2-12)22-30-10-16(33)11-31-22)5-6-17(18)15-8-19(25)21(20(26)9-15)32-23(27,28)29/h1-9,16,22,33H,10-11H2. The molecule has 3 aromatic carbocycles. The second-order valence-corrected chi connectivity index (χ2v) is 8.02. The molecule has 0 unspecified atom stereocenters. The Morgan fingerprint density at radius 3 is 1.85 bits per heavy atom. The summed E-state index contributed by atoms with van der Waals surface area (Å²) in [6, 6.07) is 12.2. The van der Waals surface area contributed by atoms with E-state index >= 15 is 0 Å². The topological polar surface area (TPSA) is 27.7 Å². The Morgan fingerprint density at radius 2 is 1.30 bits per heavy atom. The summed E-state index contributed by atoms with van der Waals surface area (Å²) in [5.41, 5.74) is 1.48. The summed E-state index contributed by atoms with van der Waals surface area (Å²) < 4.78 is 94.2. The van der Waals surface area contributed by atoms with Gasteiger partial charge in [0.2, 0.25) is 5.75 Å².